The molecule has 1 unspecified atom stereocenters. The highest BCUT2D eigenvalue weighted by molar-refractivity contribution is 5.91. The van der Waals surface area contributed by atoms with Crippen LogP contribution in [0.4, 0.5) is 0 Å². The van der Waals surface area contributed by atoms with Crippen LogP contribution in [-0.2, 0) is 16.0 Å². The lowest BCUT2D eigenvalue weighted by atomic mass is 10.0. The van der Waals surface area contributed by atoms with Crippen LogP contribution in [0.15, 0.2) is 42.5 Å². The fourth-order valence-electron chi connectivity index (χ4n) is 3.15. The van der Waals surface area contributed by atoms with Gasteiger partial charge in [0, 0.05) is 13.1 Å². The summed E-state index contributed by atoms with van der Waals surface area (Å²) in [5, 5.41) is 14.5. The Kier molecular flexibility index (Phi) is 5.11. The minimum absolute atomic E-state index is 0.0175. The van der Waals surface area contributed by atoms with E-state index in [4.69, 9.17) is 0 Å². The fourth-order valence-corrected chi connectivity index (χ4v) is 3.15. The Morgan fingerprint density at radius 1 is 1.17 bits per heavy atom. The maximum absolute atomic E-state index is 12.2. The van der Waals surface area contributed by atoms with E-state index in [1.165, 1.54) is 0 Å². The standard InChI is InChI=1S/C19H22N2O3/c22-16-8-4-10-21(13-16)19(24)12-20-18(23)11-15-7-3-6-14-5-1-2-9-17(14)15/h1-3,5-7,9,16,22H,4,8,10-13H2,(H,20,23). The van der Waals surface area contributed by atoms with Crippen molar-refractivity contribution in [1.82, 2.24) is 10.2 Å². The van der Waals surface area contributed by atoms with Crippen molar-refractivity contribution in [3.05, 3.63) is 48.0 Å². The van der Waals surface area contributed by atoms with Gasteiger partial charge in [0.05, 0.1) is 19.1 Å². The quantitative estimate of drug-likeness (QED) is 0.894. The van der Waals surface area contributed by atoms with Gasteiger partial charge in [-0.1, -0.05) is 42.5 Å². The van der Waals surface area contributed by atoms with Gasteiger partial charge in [0.2, 0.25) is 11.8 Å². The smallest absolute Gasteiger partial charge is 0.242 e. The normalized spacial score (nSPS) is 17.7. The van der Waals surface area contributed by atoms with Crippen LogP contribution < -0.4 is 5.32 Å². The van der Waals surface area contributed by atoms with E-state index in [1.54, 1.807) is 4.90 Å². The van der Waals surface area contributed by atoms with Crippen molar-refractivity contribution in [3.63, 3.8) is 0 Å². The zero-order valence-corrected chi connectivity index (χ0v) is 13.6. The van der Waals surface area contributed by atoms with Crippen LogP contribution in [0.1, 0.15) is 18.4 Å². The summed E-state index contributed by atoms with van der Waals surface area (Å²) in [5.41, 5.74) is 0.950. The van der Waals surface area contributed by atoms with Gasteiger partial charge in [0.1, 0.15) is 0 Å². The molecule has 0 saturated carbocycles. The van der Waals surface area contributed by atoms with E-state index < -0.39 is 6.10 Å². The first kappa shape index (κ1) is 16.5. The molecule has 2 amide bonds. The molecule has 0 bridgehead atoms. The van der Waals surface area contributed by atoms with Crippen molar-refractivity contribution < 1.29 is 14.7 Å². The van der Waals surface area contributed by atoms with Gasteiger partial charge < -0.3 is 15.3 Å². The molecule has 1 fully saturated rings. The first-order valence-electron chi connectivity index (χ1n) is 8.32. The zero-order chi connectivity index (χ0) is 16.9. The lowest BCUT2D eigenvalue weighted by Crippen LogP contribution is -2.46. The Labute approximate surface area is 141 Å². The summed E-state index contributed by atoms with van der Waals surface area (Å²) in [6.45, 7) is 0.990. The number of hydrogen-bond donors (Lipinski definition) is 2. The third-order valence-corrected chi connectivity index (χ3v) is 4.42. The number of benzene rings is 2. The third-order valence-electron chi connectivity index (χ3n) is 4.42. The number of likely N-dealkylation sites (tertiary alicyclic amines) is 1. The lowest BCUT2D eigenvalue weighted by molar-refractivity contribution is -0.135. The summed E-state index contributed by atoms with van der Waals surface area (Å²) in [6, 6.07) is 13.8. The molecule has 2 N–H and O–H groups in total. The van der Waals surface area contributed by atoms with Crippen molar-refractivity contribution in [2.75, 3.05) is 19.6 Å². The Hall–Kier alpha value is -2.40. The molecule has 1 aliphatic rings. The first-order valence-corrected chi connectivity index (χ1v) is 8.32. The van der Waals surface area contributed by atoms with E-state index in [9.17, 15) is 14.7 Å². The molecule has 5 heteroatoms. The third kappa shape index (κ3) is 3.92. The van der Waals surface area contributed by atoms with Crippen molar-refractivity contribution in [1.29, 1.82) is 0 Å². The number of piperidine rings is 1. The van der Waals surface area contributed by atoms with Gasteiger partial charge in [-0.2, -0.15) is 0 Å². The highest BCUT2D eigenvalue weighted by Gasteiger charge is 2.22. The van der Waals surface area contributed by atoms with Gasteiger partial charge in [-0.15, -0.1) is 0 Å². The summed E-state index contributed by atoms with van der Waals surface area (Å²) < 4.78 is 0. The SMILES string of the molecule is O=C(Cc1cccc2ccccc12)NCC(=O)N1CCCC(O)C1. The van der Waals surface area contributed by atoms with Crippen LogP contribution >= 0.6 is 0 Å². The Morgan fingerprint density at radius 2 is 1.96 bits per heavy atom. The van der Waals surface area contributed by atoms with Gasteiger partial charge in [-0.05, 0) is 29.2 Å². The molecule has 2 aromatic carbocycles. The number of rotatable bonds is 4. The number of hydrogen-bond acceptors (Lipinski definition) is 3. The minimum atomic E-state index is -0.450. The van der Waals surface area contributed by atoms with Crippen LogP contribution in [0.3, 0.4) is 0 Å². The Balaban J connectivity index is 1.56. The van der Waals surface area contributed by atoms with Gasteiger partial charge in [0.25, 0.3) is 0 Å². The maximum atomic E-state index is 12.2. The molecule has 0 radical (unpaired) electrons. The molecule has 2 aromatic rings. The van der Waals surface area contributed by atoms with E-state index in [0.29, 0.717) is 13.1 Å². The summed E-state index contributed by atoms with van der Waals surface area (Å²) in [7, 11) is 0. The Bertz CT molecular complexity index is 739. The van der Waals surface area contributed by atoms with Crippen LogP contribution in [0.25, 0.3) is 10.8 Å². The number of aliphatic hydroxyl groups excluding tert-OH is 1. The Morgan fingerprint density at radius 3 is 2.79 bits per heavy atom. The molecule has 3 rings (SSSR count). The van der Waals surface area contributed by atoms with Crippen molar-refractivity contribution >= 4 is 22.6 Å². The highest BCUT2D eigenvalue weighted by Crippen LogP contribution is 2.18. The minimum Gasteiger partial charge on any atom is -0.391 e. The zero-order valence-electron chi connectivity index (χ0n) is 13.6. The fraction of sp³-hybridized carbons (Fsp3) is 0.368. The number of β-amino-alcohol motifs (C(OH)–C–C–N with tert-alkyl or cyclic N) is 1. The van der Waals surface area contributed by atoms with E-state index in [2.05, 4.69) is 5.32 Å². The molecular weight excluding hydrogens is 304 g/mol. The number of carbonyl (C=O) groups excluding carboxylic acids is 2. The van der Waals surface area contributed by atoms with Crippen molar-refractivity contribution in [2.24, 2.45) is 0 Å². The van der Waals surface area contributed by atoms with Crippen LogP contribution in [0.2, 0.25) is 0 Å². The molecule has 0 aromatic heterocycles. The van der Waals surface area contributed by atoms with Gasteiger partial charge in [-0.3, -0.25) is 9.59 Å². The van der Waals surface area contributed by atoms with Gasteiger partial charge >= 0.3 is 0 Å². The van der Waals surface area contributed by atoms with Crippen LogP contribution in [0, 0.1) is 0 Å². The number of nitrogens with one attached hydrogen (secondary N) is 1. The van der Waals surface area contributed by atoms with Crippen LogP contribution in [-0.4, -0.2) is 47.6 Å². The average molecular weight is 326 g/mol. The second-order valence-electron chi connectivity index (χ2n) is 6.23. The topological polar surface area (TPSA) is 69.6 Å². The molecular formula is C19H22N2O3. The number of fused-ring (bicyclic) bond motifs is 1. The van der Waals surface area contributed by atoms with E-state index in [-0.39, 0.29) is 24.8 Å². The summed E-state index contributed by atoms with van der Waals surface area (Å²) in [4.78, 5) is 25.9. The van der Waals surface area contributed by atoms with Gasteiger partial charge in [0.15, 0.2) is 0 Å². The predicted octanol–water partition coefficient (Wildman–Crippen LogP) is 1.48. The van der Waals surface area contributed by atoms with Crippen molar-refractivity contribution in [3.8, 4) is 0 Å². The molecule has 1 atom stereocenters. The molecule has 1 saturated heterocycles. The number of nitrogens with zero attached hydrogens (tertiary/aromatic N) is 1. The molecule has 126 valence electrons. The molecule has 0 spiro atoms. The first-order chi connectivity index (χ1) is 11.6. The highest BCUT2D eigenvalue weighted by atomic mass is 16.3. The summed E-state index contributed by atoms with van der Waals surface area (Å²) >= 11 is 0. The molecule has 5 nitrogen and oxygen atoms in total. The van der Waals surface area contributed by atoms with Gasteiger partial charge in [-0.25, -0.2) is 0 Å². The number of amides is 2. The van der Waals surface area contributed by atoms with E-state index in [0.717, 1.165) is 29.2 Å². The lowest BCUT2D eigenvalue weighted by Gasteiger charge is -2.30. The molecule has 0 aliphatic carbocycles. The predicted molar refractivity (Wildman–Crippen MR) is 92.5 cm³/mol. The number of aliphatic hydroxyl groups is 1. The van der Waals surface area contributed by atoms with E-state index in [1.807, 2.05) is 42.5 Å². The monoisotopic (exact) mass is 326 g/mol. The van der Waals surface area contributed by atoms with Crippen molar-refractivity contribution in [2.45, 2.75) is 25.4 Å². The largest absolute Gasteiger partial charge is 0.391 e. The second kappa shape index (κ2) is 7.45. The molecule has 1 aliphatic heterocycles. The van der Waals surface area contributed by atoms with E-state index >= 15 is 0 Å². The molecule has 24 heavy (non-hydrogen) atoms. The molecule has 1 heterocycles. The maximum Gasteiger partial charge on any atom is 0.242 e. The second-order valence-corrected chi connectivity index (χ2v) is 6.23. The average Bonchev–Trinajstić information content (AvgIpc) is 2.60. The van der Waals surface area contributed by atoms with Crippen LogP contribution in [0.5, 0.6) is 0 Å². The summed E-state index contributed by atoms with van der Waals surface area (Å²) in [5.74, 6) is -0.308. The summed E-state index contributed by atoms with van der Waals surface area (Å²) in [6.07, 6.45) is 1.33. The number of carbonyl (C=O) groups is 2.